The molecule has 11 aromatic rings. The summed E-state index contributed by atoms with van der Waals surface area (Å²) >= 11 is 0. The fourth-order valence-electron chi connectivity index (χ4n) is 8.76. The van der Waals surface area contributed by atoms with E-state index in [-0.39, 0.29) is 0 Å². The normalized spacial score (nSPS) is 11.6. The lowest BCUT2D eigenvalue weighted by atomic mass is 9.94. The molecule has 0 atom stereocenters. The maximum atomic E-state index is 2.43. The van der Waals surface area contributed by atoms with Crippen molar-refractivity contribution in [3.8, 4) is 27.9 Å². The van der Waals surface area contributed by atoms with Gasteiger partial charge in [-0.3, -0.25) is 0 Å². The lowest BCUT2D eigenvalue weighted by Crippen LogP contribution is -2.11. The van der Waals surface area contributed by atoms with Crippen LogP contribution in [0.1, 0.15) is 0 Å². The molecule has 0 aliphatic carbocycles. The predicted octanol–water partition coefficient (Wildman–Crippen LogP) is 15.0. The second-order valence-electron chi connectivity index (χ2n) is 14.5. The molecule has 0 aliphatic rings. The third-order valence-corrected chi connectivity index (χ3v) is 11.3. The second-order valence-corrected chi connectivity index (χ2v) is 14.5. The van der Waals surface area contributed by atoms with Crippen molar-refractivity contribution in [2.24, 2.45) is 0 Å². The summed E-state index contributed by atoms with van der Waals surface area (Å²) in [7, 11) is 0. The number of anilines is 3. The average Bonchev–Trinajstić information content (AvgIpc) is 3.61. The minimum Gasteiger partial charge on any atom is -0.310 e. The first-order valence-electron chi connectivity index (χ1n) is 19.3. The van der Waals surface area contributed by atoms with E-state index in [0.717, 1.165) is 22.7 Å². The molecule has 0 radical (unpaired) electrons. The van der Waals surface area contributed by atoms with E-state index in [1.54, 1.807) is 0 Å². The first-order chi connectivity index (χ1) is 27.8. The van der Waals surface area contributed by atoms with Gasteiger partial charge >= 0.3 is 0 Å². The van der Waals surface area contributed by atoms with Crippen LogP contribution in [-0.2, 0) is 0 Å². The Morgan fingerprint density at radius 3 is 1.77 bits per heavy atom. The molecule has 0 bridgehead atoms. The molecular formula is C54H36N2. The number of para-hydroxylation sites is 3. The van der Waals surface area contributed by atoms with E-state index in [9.17, 15) is 0 Å². The molecule has 0 fully saturated rings. The SMILES string of the molecule is c1ccc(-n2c3ccccc3c3c(-c4cccc(-c5ccccc5N(c5ccc6ccccc6c5)c5ccc6c(ccc7ccccc76)c5)c4)cccc32)cc1. The molecule has 1 heterocycles. The van der Waals surface area contributed by atoms with Crippen molar-refractivity contribution in [2.75, 3.05) is 4.90 Å². The Labute approximate surface area is 325 Å². The number of hydrogen-bond acceptors (Lipinski definition) is 1. The zero-order chi connectivity index (χ0) is 37.0. The van der Waals surface area contributed by atoms with Crippen molar-refractivity contribution in [1.29, 1.82) is 0 Å². The quantitative estimate of drug-likeness (QED) is 0.156. The number of rotatable bonds is 6. The average molecular weight is 713 g/mol. The van der Waals surface area contributed by atoms with Crippen molar-refractivity contribution in [3.05, 3.63) is 218 Å². The minimum atomic E-state index is 1.12. The van der Waals surface area contributed by atoms with E-state index >= 15 is 0 Å². The fraction of sp³-hybridized carbons (Fsp3) is 0. The largest absolute Gasteiger partial charge is 0.310 e. The van der Waals surface area contributed by atoms with Gasteiger partial charge in [-0.1, -0.05) is 158 Å². The van der Waals surface area contributed by atoms with E-state index in [1.165, 1.54) is 76.4 Å². The summed E-state index contributed by atoms with van der Waals surface area (Å²) in [5.74, 6) is 0. The molecule has 2 heteroatoms. The fourth-order valence-corrected chi connectivity index (χ4v) is 8.76. The highest BCUT2D eigenvalue weighted by Crippen LogP contribution is 2.44. The second kappa shape index (κ2) is 13.2. The summed E-state index contributed by atoms with van der Waals surface area (Å²) in [4.78, 5) is 2.43. The summed E-state index contributed by atoms with van der Waals surface area (Å²) in [5, 5.41) is 9.95. The van der Waals surface area contributed by atoms with Gasteiger partial charge in [0.25, 0.3) is 0 Å². The van der Waals surface area contributed by atoms with Crippen LogP contribution in [0.2, 0.25) is 0 Å². The number of nitrogens with zero attached hydrogens (tertiary/aromatic N) is 2. The van der Waals surface area contributed by atoms with Crippen LogP contribution >= 0.6 is 0 Å². The van der Waals surface area contributed by atoms with Crippen LogP contribution in [-0.4, -0.2) is 4.57 Å². The maximum absolute atomic E-state index is 2.43. The van der Waals surface area contributed by atoms with E-state index in [0.29, 0.717) is 0 Å². The van der Waals surface area contributed by atoms with Gasteiger partial charge in [-0.05, 0) is 110 Å². The van der Waals surface area contributed by atoms with Gasteiger partial charge in [-0.15, -0.1) is 0 Å². The number of fused-ring (bicyclic) bond motifs is 7. The van der Waals surface area contributed by atoms with Gasteiger partial charge in [0.1, 0.15) is 0 Å². The molecular weight excluding hydrogens is 677 g/mol. The predicted molar refractivity (Wildman–Crippen MR) is 239 cm³/mol. The Hall–Kier alpha value is -7.42. The van der Waals surface area contributed by atoms with Gasteiger partial charge < -0.3 is 9.47 Å². The van der Waals surface area contributed by atoms with Crippen molar-refractivity contribution in [2.45, 2.75) is 0 Å². The van der Waals surface area contributed by atoms with Crippen molar-refractivity contribution >= 4 is 71.2 Å². The van der Waals surface area contributed by atoms with Gasteiger partial charge in [0.15, 0.2) is 0 Å². The number of hydrogen-bond donors (Lipinski definition) is 0. The molecule has 0 saturated carbocycles. The third-order valence-electron chi connectivity index (χ3n) is 11.3. The Kier molecular flexibility index (Phi) is 7.53. The van der Waals surface area contributed by atoms with Gasteiger partial charge in [-0.2, -0.15) is 0 Å². The lowest BCUT2D eigenvalue weighted by Gasteiger charge is -2.28. The number of aromatic nitrogens is 1. The minimum absolute atomic E-state index is 1.12. The van der Waals surface area contributed by atoms with Crippen molar-refractivity contribution < 1.29 is 0 Å². The van der Waals surface area contributed by atoms with Gasteiger partial charge in [-0.25, -0.2) is 0 Å². The Morgan fingerprint density at radius 1 is 0.321 bits per heavy atom. The molecule has 1 aromatic heterocycles. The monoisotopic (exact) mass is 712 g/mol. The zero-order valence-electron chi connectivity index (χ0n) is 30.7. The first kappa shape index (κ1) is 32.0. The molecule has 10 aromatic carbocycles. The van der Waals surface area contributed by atoms with Crippen LogP contribution in [0.5, 0.6) is 0 Å². The summed E-state index contributed by atoms with van der Waals surface area (Å²) < 4.78 is 2.39. The molecule has 0 unspecified atom stereocenters. The van der Waals surface area contributed by atoms with E-state index < -0.39 is 0 Å². The molecule has 11 rings (SSSR count). The van der Waals surface area contributed by atoms with Gasteiger partial charge in [0.05, 0.1) is 16.7 Å². The molecule has 0 amide bonds. The highest BCUT2D eigenvalue weighted by molar-refractivity contribution is 6.16. The van der Waals surface area contributed by atoms with E-state index in [4.69, 9.17) is 0 Å². The third kappa shape index (κ3) is 5.26. The summed E-state index contributed by atoms with van der Waals surface area (Å²) in [6, 6.07) is 79.6. The van der Waals surface area contributed by atoms with E-state index in [2.05, 4.69) is 228 Å². The maximum Gasteiger partial charge on any atom is 0.0547 e. The first-order valence-corrected chi connectivity index (χ1v) is 19.3. The molecule has 0 saturated heterocycles. The standard InChI is InChI=1S/C54H36N2/c1-2-19-43(20-3-1)56-52-26-11-9-23-50(52)54-49(24-13-27-53(54)56)41-18-12-17-40(34-41)48-22-8-10-25-51(48)55(44-31-30-37-14-4-5-16-39(37)35-44)45-32-33-47-42(36-45)29-28-38-15-6-7-21-46(38)47/h1-36H. The topological polar surface area (TPSA) is 8.17 Å². The number of benzene rings is 10. The lowest BCUT2D eigenvalue weighted by molar-refractivity contribution is 1.18. The van der Waals surface area contributed by atoms with Crippen LogP contribution in [0.25, 0.3) is 82.1 Å². The van der Waals surface area contributed by atoms with Crippen LogP contribution in [0, 0.1) is 0 Å². The van der Waals surface area contributed by atoms with Gasteiger partial charge in [0, 0.05) is 33.4 Å². The summed E-state index contributed by atoms with van der Waals surface area (Å²) in [5.41, 5.74) is 11.7. The van der Waals surface area contributed by atoms with Gasteiger partial charge in [0.2, 0.25) is 0 Å². The van der Waals surface area contributed by atoms with Crippen LogP contribution in [0.4, 0.5) is 17.1 Å². The zero-order valence-corrected chi connectivity index (χ0v) is 30.7. The van der Waals surface area contributed by atoms with Crippen LogP contribution < -0.4 is 4.90 Å². The molecule has 0 spiro atoms. The summed E-state index contributed by atoms with van der Waals surface area (Å²) in [6.07, 6.45) is 0. The molecule has 0 N–H and O–H groups in total. The van der Waals surface area contributed by atoms with Crippen molar-refractivity contribution in [3.63, 3.8) is 0 Å². The molecule has 2 nitrogen and oxygen atoms in total. The summed E-state index contributed by atoms with van der Waals surface area (Å²) in [6.45, 7) is 0. The van der Waals surface area contributed by atoms with Crippen LogP contribution in [0.3, 0.4) is 0 Å². The molecule has 262 valence electrons. The van der Waals surface area contributed by atoms with Crippen LogP contribution in [0.15, 0.2) is 218 Å². The highest BCUT2D eigenvalue weighted by Gasteiger charge is 2.20. The smallest absolute Gasteiger partial charge is 0.0547 e. The Morgan fingerprint density at radius 2 is 0.893 bits per heavy atom. The molecule has 0 aliphatic heterocycles. The Bertz CT molecular complexity index is 3260. The van der Waals surface area contributed by atoms with Crippen molar-refractivity contribution in [1.82, 2.24) is 4.57 Å². The highest BCUT2D eigenvalue weighted by atomic mass is 15.1. The molecule has 56 heavy (non-hydrogen) atoms. The Balaban J connectivity index is 1.10. The van der Waals surface area contributed by atoms with E-state index in [1.807, 2.05) is 0 Å².